The van der Waals surface area contributed by atoms with Gasteiger partial charge in [0.2, 0.25) is 0 Å². The normalized spacial score (nSPS) is 20.2. The molecule has 2 aliphatic rings. The van der Waals surface area contributed by atoms with Crippen molar-refractivity contribution in [2.45, 2.75) is 125 Å². The topological polar surface area (TPSA) is 46.5 Å². The number of ether oxygens (including phenoxy) is 1. The third kappa shape index (κ3) is 7.67. The number of rotatable bonds is 7. The second-order valence-electron chi connectivity index (χ2n) is 9.51. The van der Waals surface area contributed by atoms with E-state index in [4.69, 9.17) is 9.84 Å². The molecule has 0 bridgehead atoms. The summed E-state index contributed by atoms with van der Waals surface area (Å²) in [6.45, 7) is 17.3. The van der Waals surface area contributed by atoms with Crippen molar-refractivity contribution in [1.82, 2.24) is 0 Å². The number of carboxylic acids is 1. The Morgan fingerprint density at radius 3 is 2.38 bits per heavy atom. The fourth-order valence-corrected chi connectivity index (χ4v) is 4.93. The van der Waals surface area contributed by atoms with Crippen LogP contribution in [-0.4, -0.2) is 16.7 Å². The summed E-state index contributed by atoms with van der Waals surface area (Å²) in [4.78, 5) is 9.60. The van der Waals surface area contributed by atoms with Crippen LogP contribution < -0.4 is 4.74 Å². The van der Waals surface area contributed by atoms with E-state index in [9.17, 15) is 4.79 Å². The SMILES string of the molecule is CC.CCCC(=O)O.CCCCCc1cc(CC)c2c(c1)OC(C)(C)[C@@H]1CCC(C)=CC21.[HH]. The van der Waals surface area contributed by atoms with Crippen LogP contribution in [0.15, 0.2) is 23.8 Å². The maximum atomic E-state index is 9.60. The number of carbonyl (C=O) groups is 1. The van der Waals surface area contributed by atoms with E-state index in [1.807, 2.05) is 20.8 Å². The molecule has 3 rings (SSSR count). The first-order valence-corrected chi connectivity index (χ1v) is 13.0. The molecule has 3 nitrogen and oxygen atoms in total. The summed E-state index contributed by atoms with van der Waals surface area (Å²) in [5.41, 5.74) is 5.94. The van der Waals surface area contributed by atoms with Crippen molar-refractivity contribution in [3.8, 4) is 5.75 Å². The van der Waals surface area contributed by atoms with Gasteiger partial charge in [-0.1, -0.05) is 65.2 Å². The Balaban J connectivity index is 0.000000994. The molecule has 2 atom stereocenters. The number of allylic oxidation sites excluding steroid dienone is 2. The van der Waals surface area contributed by atoms with Crippen LogP contribution >= 0.6 is 0 Å². The Bertz CT molecular complexity index is 751. The van der Waals surface area contributed by atoms with Crippen molar-refractivity contribution in [3.05, 3.63) is 40.5 Å². The summed E-state index contributed by atoms with van der Waals surface area (Å²) in [7, 11) is 0. The molecule has 1 aromatic carbocycles. The Morgan fingerprint density at radius 1 is 1.16 bits per heavy atom. The number of fused-ring (bicyclic) bond motifs is 3. The van der Waals surface area contributed by atoms with Crippen molar-refractivity contribution >= 4 is 5.97 Å². The van der Waals surface area contributed by atoms with Gasteiger partial charge in [0.25, 0.3) is 0 Å². The molecule has 1 heterocycles. The number of hydrogen-bond donors (Lipinski definition) is 1. The van der Waals surface area contributed by atoms with Gasteiger partial charge < -0.3 is 9.84 Å². The predicted molar refractivity (Wildman–Crippen MR) is 139 cm³/mol. The average Bonchev–Trinajstić information content (AvgIpc) is 2.74. The van der Waals surface area contributed by atoms with Crippen LogP contribution in [0.3, 0.4) is 0 Å². The lowest BCUT2D eigenvalue weighted by Crippen LogP contribution is -2.45. The standard InChI is InChI=1S/C23H34O.C4H8O2.C2H6.H2/c1-6-8-9-10-17-14-18(7-2)22-19-13-16(3)11-12-20(19)23(4,5)24-21(22)15-17;1-2-3-4(5)6;1-2;/h13-15,19-20H,6-12H2,1-5H3;2-3H2,1H3,(H,5,6);1-2H3;1H/t19?,20-;;;/m1.../s1. The fraction of sp³-hybridized carbons (Fsp3) is 0.690. The smallest absolute Gasteiger partial charge is 0.303 e. The number of hydrogen-bond acceptors (Lipinski definition) is 2. The predicted octanol–water partition coefficient (Wildman–Crippen LogP) is 8.74. The molecule has 3 heteroatoms. The highest BCUT2D eigenvalue weighted by molar-refractivity contribution is 5.66. The molecule has 1 aliphatic heterocycles. The Kier molecular flexibility index (Phi) is 12.1. The number of aryl methyl sites for hydroxylation is 2. The second kappa shape index (κ2) is 13.7. The summed E-state index contributed by atoms with van der Waals surface area (Å²) in [6.07, 6.45) is 12.2. The van der Waals surface area contributed by atoms with Crippen molar-refractivity contribution in [1.29, 1.82) is 0 Å². The molecule has 1 aliphatic carbocycles. The summed E-state index contributed by atoms with van der Waals surface area (Å²) in [5, 5.41) is 7.91. The molecule has 184 valence electrons. The number of carboxylic acid groups (broad SMARTS) is 1. The second-order valence-corrected chi connectivity index (χ2v) is 9.51. The molecule has 1 aromatic rings. The van der Waals surface area contributed by atoms with Gasteiger partial charge in [-0.05, 0) is 76.5 Å². The molecule has 0 spiro atoms. The van der Waals surface area contributed by atoms with E-state index in [0.29, 0.717) is 18.3 Å². The van der Waals surface area contributed by atoms with Gasteiger partial charge in [0.1, 0.15) is 11.4 Å². The van der Waals surface area contributed by atoms with E-state index in [1.165, 1.54) is 55.2 Å². The van der Waals surface area contributed by atoms with Gasteiger partial charge in [-0.2, -0.15) is 0 Å². The van der Waals surface area contributed by atoms with Gasteiger partial charge in [0.15, 0.2) is 0 Å². The van der Waals surface area contributed by atoms with Crippen LogP contribution in [0.1, 0.15) is 124 Å². The fourth-order valence-electron chi connectivity index (χ4n) is 4.93. The van der Waals surface area contributed by atoms with Crippen LogP contribution in [0.25, 0.3) is 0 Å². The lowest BCUT2D eigenvalue weighted by atomic mass is 9.67. The summed E-state index contributed by atoms with van der Waals surface area (Å²) in [5.74, 6) is 1.60. The Labute approximate surface area is 199 Å². The van der Waals surface area contributed by atoms with E-state index < -0.39 is 5.97 Å². The van der Waals surface area contributed by atoms with E-state index in [-0.39, 0.29) is 7.03 Å². The third-order valence-corrected chi connectivity index (χ3v) is 6.55. The number of unbranched alkanes of at least 4 members (excludes halogenated alkanes) is 2. The molecule has 0 fully saturated rings. The Hall–Kier alpha value is -1.77. The van der Waals surface area contributed by atoms with Crippen molar-refractivity contribution in [3.63, 3.8) is 0 Å². The number of benzene rings is 1. The quantitative estimate of drug-likeness (QED) is 0.336. The third-order valence-electron chi connectivity index (χ3n) is 6.55. The largest absolute Gasteiger partial charge is 0.487 e. The summed E-state index contributed by atoms with van der Waals surface area (Å²) >= 11 is 0. The van der Waals surface area contributed by atoms with Gasteiger partial charge in [0, 0.05) is 25.2 Å². The first kappa shape index (κ1) is 28.3. The lowest BCUT2D eigenvalue weighted by Gasteiger charge is -2.47. The maximum absolute atomic E-state index is 9.60. The van der Waals surface area contributed by atoms with Crippen LogP contribution in [0.4, 0.5) is 0 Å². The molecule has 0 aromatic heterocycles. The van der Waals surface area contributed by atoms with E-state index in [1.54, 1.807) is 5.57 Å². The zero-order chi connectivity index (χ0) is 24.3. The monoisotopic (exact) mass is 446 g/mol. The van der Waals surface area contributed by atoms with Crippen molar-refractivity contribution in [2.24, 2.45) is 5.92 Å². The van der Waals surface area contributed by atoms with Crippen LogP contribution in [0.5, 0.6) is 5.75 Å². The van der Waals surface area contributed by atoms with E-state index in [2.05, 4.69) is 52.8 Å². The van der Waals surface area contributed by atoms with Crippen molar-refractivity contribution < 1.29 is 16.1 Å². The first-order valence-electron chi connectivity index (χ1n) is 13.0. The van der Waals surface area contributed by atoms with Gasteiger partial charge in [-0.15, -0.1) is 0 Å². The van der Waals surface area contributed by atoms with Crippen LogP contribution in [0, 0.1) is 5.92 Å². The molecule has 1 unspecified atom stereocenters. The molecular formula is C29H50O3. The zero-order valence-electron chi connectivity index (χ0n) is 22.0. The minimum atomic E-state index is -0.711. The maximum Gasteiger partial charge on any atom is 0.303 e. The first-order chi connectivity index (χ1) is 15.2. The molecule has 32 heavy (non-hydrogen) atoms. The minimum Gasteiger partial charge on any atom is -0.487 e. The molecule has 0 radical (unpaired) electrons. The van der Waals surface area contributed by atoms with Crippen molar-refractivity contribution in [2.75, 3.05) is 0 Å². The zero-order valence-corrected chi connectivity index (χ0v) is 22.0. The molecule has 0 saturated heterocycles. The highest BCUT2D eigenvalue weighted by Crippen LogP contribution is 2.52. The van der Waals surface area contributed by atoms with Gasteiger partial charge in [-0.3, -0.25) is 4.79 Å². The highest BCUT2D eigenvalue weighted by atomic mass is 16.5. The van der Waals surface area contributed by atoms with Crippen LogP contribution in [0.2, 0.25) is 0 Å². The summed E-state index contributed by atoms with van der Waals surface area (Å²) < 4.78 is 6.58. The van der Waals surface area contributed by atoms with Gasteiger partial charge >= 0.3 is 5.97 Å². The molecule has 0 amide bonds. The molecular weight excluding hydrogens is 396 g/mol. The van der Waals surface area contributed by atoms with E-state index in [0.717, 1.165) is 18.6 Å². The number of aliphatic carboxylic acids is 1. The van der Waals surface area contributed by atoms with Gasteiger partial charge in [-0.25, -0.2) is 0 Å². The molecule has 0 saturated carbocycles. The van der Waals surface area contributed by atoms with E-state index >= 15 is 0 Å². The average molecular weight is 447 g/mol. The summed E-state index contributed by atoms with van der Waals surface area (Å²) in [6, 6.07) is 4.81. The van der Waals surface area contributed by atoms with Crippen LogP contribution in [-0.2, 0) is 17.6 Å². The minimum absolute atomic E-state index is 0. The highest BCUT2D eigenvalue weighted by Gasteiger charge is 2.44. The van der Waals surface area contributed by atoms with Gasteiger partial charge in [0.05, 0.1) is 0 Å². The molecule has 1 N–H and O–H groups in total. The lowest BCUT2D eigenvalue weighted by molar-refractivity contribution is -0.137. The Morgan fingerprint density at radius 2 is 1.84 bits per heavy atom.